The van der Waals surface area contributed by atoms with Gasteiger partial charge in [-0.1, -0.05) is 54.6 Å². The first-order chi connectivity index (χ1) is 14.1. The molecule has 0 bridgehead atoms. The zero-order valence-electron chi connectivity index (χ0n) is 16.8. The Labute approximate surface area is 171 Å². The third kappa shape index (κ3) is 8.51. The van der Waals surface area contributed by atoms with Gasteiger partial charge in [0.2, 0.25) is 0 Å². The molecule has 0 spiro atoms. The van der Waals surface area contributed by atoms with Crippen LogP contribution in [0.1, 0.15) is 30.9 Å². The number of hydrogen-bond acceptors (Lipinski definition) is 5. The Morgan fingerprint density at radius 1 is 1.07 bits per heavy atom. The minimum Gasteiger partial charge on any atom is -0.489 e. The molecule has 6 nitrogen and oxygen atoms in total. The molecule has 6 heteroatoms. The van der Waals surface area contributed by atoms with Crippen molar-refractivity contribution < 1.29 is 23.8 Å². The zero-order chi connectivity index (χ0) is 20.9. The molecule has 1 atom stereocenters. The molecule has 0 aliphatic heterocycles. The second-order valence-electron chi connectivity index (χ2n) is 6.29. The highest BCUT2D eigenvalue weighted by molar-refractivity contribution is 5.70. The molecule has 0 saturated heterocycles. The molecular weight excluding hydrogens is 370 g/mol. The van der Waals surface area contributed by atoms with Crippen molar-refractivity contribution in [2.24, 2.45) is 0 Å². The minimum absolute atomic E-state index is 0.207. The Balaban J connectivity index is 1.92. The molecular formula is C23H27NO5. The van der Waals surface area contributed by atoms with Gasteiger partial charge in [0, 0.05) is 6.42 Å². The monoisotopic (exact) mass is 397 g/mol. The summed E-state index contributed by atoms with van der Waals surface area (Å²) in [5, 5.41) is 2.70. The Morgan fingerprint density at radius 2 is 1.79 bits per heavy atom. The number of amides is 1. The summed E-state index contributed by atoms with van der Waals surface area (Å²) in [5.74, 6) is 0.482. The van der Waals surface area contributed by atoms with Crippen molar-refractivity contribution in [1.82, 2.24) is 5.32 Å². The van der Waals surface area contributed by atoms with Crippen LogP contribution in [0.2, 0.25) is 0 Å². The molecule has 0 aliphatic rings. The van der Waals surface area contributed by atoms with Crippen LogP contribution in [0.15, 0.2) is 60.7 Å². The van der Waals surface area contributed by atoms with Crippen molar-refractivity contribution in [3.05, 3.63) is 71.8 Å². The van der Waals surface area contributed by atoms with Crippen LogP contribution in [0, 0.1) is 0 Å². The van der Waals surface area contributed by atoms with E-state index in [1.165, 1.54) is 7.11 Å². The normalized spacial score (nSPS) is 11.7. The third-order valence-electron chi connectivity index (χ3n) is 4.10. The molecule has 1 amide bonds. The van der Waals surface area contributed by atoms with E-state index in [0.29, 0.717) is 19.6 Å². The number of methoxy groups -OCH3 is 1. The van der Waals surface area contributed by atoms with E-state index in [1.807, 2.05) is 66.7 Å². The summed E-state index contributed by atoms with van der Waals surface area (Å²) < 4.78 is 15.4. The van der Waals surface area contributed by atoms with Gasteiger partial charge in [-0.2, -0.15) is 0 Å². The maximum Gasteiger partial charge on any atom is 0.407 e. The fourth-order valence-electron chi connectivity index (χ4n) is 2.58. The number of esters is 1. The van der Waals surface area contributed by atoms with E-state index in [4.69, 9.17) is 9.47 Å². The van der Waals surface area contributed by atoms with Crippen LogP contribution in [-0.2, 0) is 20.9 Å². The molecule has 0 aromatic heterocycles. The fraction of sp³-hybridized carbons (Fsp3) is 0.304. The molecule has 0 fully saturated rings. The van der Waals surface area contributed by atoms with Crippen LogP contribution in [0.3, 0.4) is 0 Å². The molecule has 2 aromatic carbocycles. The smallest absolute Gasteiger partial charge is 0.407 e. The van der Waals surface area contributed by atoms with Gasteiger partial charge in [0.15, 0.2) is 0 Å². The maximum absolute atomic E-state index is 11.6. The second kappa shape index (κ2) is 12.2. The third-order valence-corrected chi connectivity index (χ3v) is 4.10. The van der Waals surface area contributed by atoms with E-state index in [0.717, 1.165) is 16.9 Å². The van der Waals surface area contributed by atoms with Gasteiger partial charge in [-0.05, 0) is 36.6 Å². The van der Waals surface area contributed by atoms with E-state index in [9.17, 15) is 9.59 Å². The van der Waals surface area contributed by atoms with Gasteiger partial charge in [0.05, 0.1) is 19.8 Å². The fourth-order valence-corrected chi connectivity index (χ4v) is 2.58. The van der Waals surface area contributed by atoms with E-state index in [2.05, 4.69) is 10.1 Å². The number of ether oxygens (including phenoxy) is 3. The molecule has 0 radical (unpaired) electrons. The average Bonchev–Trinajstić information content (AvgIpc) is 2.75. The number of carbonyl (C=O) groups is 2. The molecule has 0 aliphatic carbocycles. The van der Waals surface area contributed by atoms with Gasteiger partial charge in [-0.3, -0.25) is 4.79 Å². The van der Waals surface area contributed by atoms with Crippen LogP contribution >= 0.6 is 0 Å². The minimum atomic E-state index is -0.548. The highest BCUT2D eigenvalue weighted by atomic mass is 16.5. The lowest BCUT2D eigenvalue weighted by Gasteiger charge is -2.14. The Kier molecular flexibility index (Phi) is 9.29. The van der Waals surface area contributed by atoms with Gasteiger partial charge >= 0.3 is 12.1 Å². The molecule has 0 heterocycles. The maximum atomic E-state index is 11.6. The first-order valence-corrected chi connectivity index (χ1v) is 9.55. The van der Waals surface area contributed by atoms with E-state index >= 15 is 0 Å². The van der Waals surface area contributed by atoms with Crippen LogP contribution < -0.4 is 10.1 Å². The summed E-state index contributed by atoms with van der Waals surface area (Å²) in [5.41, 5.74) is 2.06. The van der Waals surface area contributed by atoms with Crippen molar-refractivity contribution >= 4 is 18.1 Å². The van der Waals surface area contributed by atoms with Crippen molar-refractivity contribution in [2.45, 2.75) is 32.4 Å². The molecule has 0 saturated carbocycles. The number of carbonyl (C=O) groups excluding carboxylic acids is 2. The summed E-state index contributed by atoms with van der Waals surface area (Å²) in [4.78, 5) is 23.1. The van der Waals surface area contributed by atoms with Crippen molar-refractivity contribution in [1.29, 1.82) is 0 Å². The average molecular weight is 397 g/mol. The van der Waals surface area contributed by atoms with Crippen LogP contribution in [-0.4, -0.2) is 31.8 Å². The highest BCUT2D eigenvalue weighted by Gasteiger charge is 2.12. The number of nitrogens with one attached hydrogen (secondary N) is 1. The van der Waals surface area contributed by atoms with Gasteiger partial charge in [-0.25, -0.2) is 4.79 Å². The predicted octanol–water partition coefficient (Wildman–Crippen LogP) is 4.35. The van der Waals surface area contributed by atoms with Gasteiger partial charge in [0.25, 0.3) is 0 Å². The lowest BCUT2D eigenvalue weighted by molar-refractivity contribution is -0.143. The quantitative estimate of drug-likeness (QED) is 0.604. The molecule has 1 N–H and O–H groups in total. The first kappa shape index (κ1) is 22.0. The predicted molar refractivity (Wildman–Crippen MR) is 111 cm³/mol. The number of rotatable bonds is 10. The topological polar surface area (TPSA) is 73.9 Å². The van der Waals surface area contributed by atoms with Gasteiger partial charge in [0.1, 0.15) is 12.4 Å². The molecule has 0 unspecified atom stereocenters. The number of benzene rings is 2. The lowest BCUT2D eigenvalue weighted by atomic mass is 10.1. The molecule has 2 aromatic rings. The zero-order valence-corrected chi connectivity index (χ0v) is 16.8. The highest BCUT2D eigenvalue weighted by Crippen LogP contribution is 2.16. The van der Waals surface area contributed by atoms with Crippen molar-refractivity contribution in [2.75, 3.05) is 13.7 Å². The van der Waals surface area contributed by atoms with Crippen LogP contribution in [0.25, 0.3) is 6.08 Å². The largest absolute Gasteiger partial charge is 0.489 e. The first-order valence-electron chi connectivity index (χ1n) is 9.55. The Bertz CT molecular complexity index is 787. The number of alkyl carbamates (subject to hydrolysis) is 1. The van der Waals surface area contributed by atoms with E-state index in [-0.39, 0.29) is 18.4 Å². The lowest BCUT2D eigenvalue weighted by Crippen LogP contribution is -2.33. The number of hydrogen-bond donors (Lipinski definition) is 1. The van der Waals surface area contributed by atoms with Crippen LogP contribution in [0.4, 0.5) is 4.79 Å². The van der Waals surface area contributed by atoms with Crippen molar-refractivity contribution in [3.63, 3.8) is 0 Å². The SMILES string of the molecule is CCOC(=O)CC[C@H](/C=C/c1ccc(OCc2ccccc2)cc1)NC(=O)OC. The Hall–Kier alpha value is -3.28. The summed E-state index contributed by atoms with van der Waals surface area (Å²) >= 11 is 0. The van der Waals surface area contributed by atoms with E-state index in [1.54, 1.807) is 6.92 Å². The van der Waals surface area contributed by atoms with Gasteiger partial charge in [-0.15, -0.1) is 0 Å². The van der Waals surface area contributed by atoms with Gasteiger partial charge < -0.3 is 19.5 Å². The summed E-state index contributed by atoms with van der Waals surface area (Å²) in [6, 6.07) is 17.3. The summed E-state index contributed by atoms with van der Waals surface area (Å²) in [6.07, 6.45) is 3.79. The van der Waals surface area contributed by atoms with E-state index < -0.39 is 6.09 Å². The Morgan fingerprint density at radius 3 is 2.45 bits per heavy atom. The molecule has 154 valence electrons. The summed E-state index contributed by atoms with van der Waals surface area (Å²) in [7, 11) is 1.30. The van der Waals surface area contributed by atoms with Crippen LogP contribution in [0.5, 0.6) is 5.75 Å². The van der Waals surface area contributed by atoms with Crippen molar-refractivity contribution in [3.8, 4) is 5.75 Å². The second-order valence-corrected chi connectivity index (χ2v) is 6.29. The molecule has 29 heavy (non-hydrogen) atoms. The standard InChI is InChI=1S/C23H27NO5/c1-3-28-22(25)16-13-20(24-23(26)27-2)12-9-18-10-14-21(15-11-18)29-17-19-7-5-4-6-8-19/h4-12,14-15,20H,3,13,16-17H2,1-2H3,(H,24,26)/b12-9+/t20-/m0/s1. The molecule has 2 rings (SSSR count). The summed E-state index contributed by atoms with van der Waals surface area (Å²) in [6.45, 7) is 2.60.